The predicted octanol–water partition coefficient (Wildman–Crippen LogP) is 2.28. The van der Waals surface area contributed by atoms with Crippen LogP contribution in [0.3, 0.4) is 0 Å². The van der Waals surface area contributed by atoms with Gasteiger partial charge in [-0.2, -0.15) is 0 Å². The summed E-state index contributed by atoms with van der Waals surface area (Å²) in [7, 11) is -1.33. The van der Waals surface area contributed by atoms with Crippen molar-refractivity contribution in [3.8, 4) is 0 Å². The van der Waals surface area contributed by atoms with Crippen molar-refractivity contribution in [1.82, 2.24) is 10.6 Å². The van der Waals surface area contributed by atoms with Crippen molar-refractivity contribution in [2.45, 2.75) is 13.0 Å². The molecule has 24 heavy (non-hydrogen) atoms. The van der Waals surface area contributed by atoms with E-state index in [2.05, 4.69) is 15.6 Å². The summed E-state index contributed by atoms with van der Waals surface area (Å²) in [6, 6.07) is 5.28. The number of ether oxygens (including phenoxy) is 1. The van der Waals surface area contributed by atoms with Crippen LogP contribution >= 0.6 is 23.2 Å². The van der Waals surface area contributed by atoms with Gasteiger partial charge in [0.1, 0.15) is 9.84 Å². The molecule has 0 aliphatic heterocycles. The molecule has 0 aliphatic carbocycles. The Balaban J connectivity index is 2.39. The van der Waals surface area contributed by atoms with Gasteiger partial charge in [0, 0.05) is 29.9 Å². The molecule has 0 heterocycles. The minimum atomic E-state index is -2.99. The first kappa shape index (κ1) is 21.0. The standard InChI is InChI=1S/C15H23Cl2N3O3S/c1-11(13-5-4-12(16)10-14(13)17)20-15(18-2)19-6-7-23-8-9-24(3,21)22/h4-5,10-11H,6-9H2,1-3H3,(H2,18,19,20). The molecule has 0 aromatic heterocycles. The van der Waals surface area contributed by atoms with Crippen LogP contribution in [0.2, 0.25) is 10.0 Å². The lowest BCUT2D eigenvalue weighted by Gasteiger charge is -2.19. The number of nitrogens with zero attached hydrogens (tertiary/aromatic N) is 1. The maximum atomic E-state index is 11.0. The molecule has 0 amide bonds. The molecule has 1 rings (SSSR count). The van der Waals surface area contributed by atoms with Crippen molar-refractivity contribution in [3.05, 3.63) is 33.8 Å². The molecular formula is C15H23Cl2N3O3S. The fraction of sp³-hybridized carbons (Fsp3) is 0.533. The molecule has 2 N–H and O–H groups in total. The Morgan fingerprint density at radius 2 is 2.04 bits per heavy atom. The Hall–Kier alpha value is -1.02. The summed E-state index contributed by atoms with van der Waals surface area (Å²) in [5, 5.41) is 7.49. The zero-order valence-corrected chi connectivity index (χ0v) is 16.3. The monoisotopic (exact) mass is 395 g/mol. The summed E-state index contributed by atoms with van der Waals surface area (Å²) in [4.78, 5) is 4.13. The largest absolute Gasteiger partial charge is 0.379 e. The van der Waals surface area contributed by atoms with Crippen LogP contribution in [0, 0.1) is 0 Å². The first-order valence-electron chi connectivity index (χ1n) is 7.40. The van der Waals surface area contributed by atoms with Gasteiger partial charge in [-0.15, -0.1) is 0 Å². The zero-order valence-electron chi connectivity index (χ0n) is 14.0. The molecule has 1 unspecified atom stereocenters. The van der Waals surface area contributed by atoms with Gasteiger partial charge in [0.2, 0.25) is 0 Å². The highest BCUT2D eigenvalue weighted by molar-refractivity contribution is 7.90. The van der Waals surface area contributed by atoms with E-state index in [1.165, 1.54) is 6.26 Å². The lowest BCUT2D eigenvalue weighted by atomic mass is 10.1. The number of hydrogen-bond acceptors (Lipinski definition) is 4. The number of aliphatic imine (C=N–C) groups is 1. The third-order valence-electron chi connectivity index (χ3n) is 3.14. The van der Waals surface area contributed by atoms with Crippen LogP contribution in [0.1, 0.15) is 18.5 Å². The Morgan fingerprint density at radius 1 is 1.33 bits per heavy atom. The van der Waals surface area contributed by atoms with Gasteiger partial charge >= 0.3 is 0 Å². The van der Waals surface area contributed by atoms with Crippen LogP contribution in [0.4, 0.5) is 0 Å². The van der Waals surface area contributed by atoms with Crippen LogP contribution in [-0.4, -0.2) is 53.2 Å². The molecule has 0 radical (unpaired) electrons. The lowest BCUT2D eigenvalue weighted by Crippen LogP contribution is -2.40. The van der Waals surface area contributed by atoms with Crippen molar-refractivity contribution >= 4 is 39.0 Å². The van der Waals surface area contributed by atoms with Gasteiger partial charge < -0.3 is 15.4 Å². The van der Waals surface area contributed by atoms with E-state index in [4.69, 9.17) is 27.9 Å². The zero-order chi connectivity index (χ0) is 18.2. The molecule has 6 nitrogen and oxygen atoms in total. The summed E-state index contributed by atoms with van der Waals surface area (Å²) in [6.45, 7) is 3.03. The van der Waals surface area contributed by atoms with Crippen LogP contribution in [0.25, 0.3) is 0 Å². The summed E-state index contributed by atoms with van der Waals surface area (Å²) in [5.41, 5.74) is 0.911. The highest BCUT2D eigenvalue weighted by atomic mass is 35.5. The second-order valence-corrected chi connectivity index (χ2v) is 8.38. The maximum absolute atomic E-state index is 11.0. The third-order valence-corrected chi connectivity index (χ3v) is 4.61. The predicted molar refractivity (Wildman–Crippen MR) is 99.9 cm³/mol. The lowest BCUT2D eigenvalue weighted by molar-refractivity contribution is 0.154. The smallest absolute Gasteiger partial charge is 0.191 e. The Labute approximate surface area is 153 Å². The average molecular weight is 396 g/mol. The Kier molecular flexibility index (Phi) is 8.83. The number of nitrogens with one attached hydrogen (secondary N) is 2. The van der Waals surface area contributed by atoms with Crippen molar-refractivity contribution in [2.24, 2.45) is 4.99 Å². The van der Waals surface area contributed by atoms with Crippen molar-refractivity contribution in [3.63, 3.8) is 0 Å². The summed E-state index contributed by atoms with van der Waals surface area (Å²) in [6.07, 6.45) is 1.18. The number of guanidine groups is 1. The van der Waals surface area contributed by atoms with E-state index in [9.17, 15) is 8.42 Å². The molecule has 0 bridgehead atoms. The second-order valence-electron chi connectivity index (χ2n) is 5.27. The molecule has 1 atom stereocenters. The highest BCUT2D eigenvalue weighted by Crippen LogP contribution is 2.25. The summed E-state index contributed by atoms with van der Waals surface area (Å²) >= 11 is 12.1. The Bertz CT molecular complexity index is 666. The van der Waals surface area contributed by atoms with Crippen LogP contribution < -0.4 is 10.6 Å². The number of hydrogen-bond donors (Lipinski definition) is 2. The second kappa shape index (κ2) is 10.1. The number of rotatable bonds is 8. The first-order valence-corrected chi connectivity index (χ1v) is 10.2. The van der Waals surface area contributed by atoms with Gasteiger partial charge in [0.15, 0.2) is 5.96 Å². The third kappa shape index (κ3) is 8.19. The van der Waals surface area contributed by atoms with Gasteiger partial charge in [-0.3, -0.25) is 4.99 Å². The quantitative estimate of drug-likeness (QED) is 0.400. The van der Waals surface area contributed by atoms with Crippen molar-refractivity contribution in [2.75, 3.05) is 38.8 Å². The van der Waals surface area contributed by atoms with Crippen LogP contribution in [0.5, 0.6) is 0 Å². The molecule has 0 aliphatic rings. The minimum Gasteiger partial charge on any atom is -0.379 e. The SMILES string of the molecule is CN=C(NCCOCCS(C)(=O)=O)NC(C)c1ccc(Cl)cc1Cl. The van der Waals surface area contributed by atoms with Gasteiger partial charge in [-0.1, -0.05) is 29.3 Å². The fourth-order valence-corrected chi connectivity index (χ4v) is 2.88. The van der Waals surface area contributed by atoms with Gasteiger partial charge in [0.05, 0.1) is 25.0 Å². The highest BCUT2D eigenvalue weighted by Gasteiger charge is 2.11. The Morgan fingerprint density at radius 3 is 2.62 bits per heavy atom. The van der Waals surface area contributed by atoms with Gasteiger partial charge in [0.25, 0.3) is 0 Å². The van der Waals surface area contributed by atoms with E-state index in [0.717, 1.165) is 5.56 Å². The molecule has 9 heteroatoms. The van der Waals surface area contributed by atoms with Crippen LogP contribution in [0.15, 0.2) is 23.2 Å². The maximum Gasteiger partial charge on any atom is 0.191 e. The number of benzene rings is 1. The topological polar surface area (TPSA) is 79.8 Å². The molecular weight excluding hydrogens is 373 g/mol. The normalized spacial score (nSPS) is 13.6. The molecule has 0 saturated heterocycles. The average Bonchev–Trinajstić information content (AvgIpc) is 2.48. The van der Waals surface area contributed by atoms with Gasteiger partial charge in [-0.05, 0) is 24.6 Å². The molecule has 0 fully saturated rings. The minimum absolute atomic E-state index is 0.0199. The van der Waals surface area contributed by atoms with Crippen molar-refractivity contribution in [1.29, 1.82) is 0 Å². The fourth-order valence-electron chi connectivity index (χ4n) is 1.88. The van der Waals surface area contributed by atoms with E-state index < -0.39 is 9.84 Å². The first-order chi connectivity index (χ1) is 11.2. The molecule has 1 aromatic rings. The number of halogens is 2. The number of sulfone groups is 1. The van der Waals surface area contributed by atoms with Gasteiger partial charge in [-0.25, -0.2) is 8.42 Å². The van der Waals surface area contributed by atoms with Crippen LogP contribution in [-0.2, 0) is 14.6 Å². The molecule has 0 saturated carbocycles. The van der Waals surface area contributed by atoms with E-state index in [1.54, 1.807) is 19.2 Å². The summed E-state index contributed by atoms with van der Waals surface area (Å²) < 4.78 is 27.2. The van der Waals surface area contributed by atoms with E-state index >= 15 is 0 Å². The molecule has 136 valence electrons. The van der Waals surface area contributed by atoms with Crippen molar-refractivity contribution < 1.29 is 13.2 Å². The molecule has 1 aromatic carbocycles. The van der Waals surface area contributed by atoms with E-state index in [-0.39, 0.29) is 18.4 Å². The van der Waals surface area contributed by atoms with E-state index in [1.807, 2.05) is 13.0 Å². The molecule has 0 spiro atoms. The van der Waals surface area contributed by atoms with E-state index in [0.29, 0.717) is 29.2 Å². The summed E-state index contributed by atoms with van der Waals surface area (Å²) in [5.74, 6) is 0.617.